The molecular weight excluding hydrogens is 315 g/mol. The van der Waals surface area contributed by atoms with Crippen LogP contribution in [-0.2, 0) is 0 Å². The Morgan fingerprint density at radius 2 is 1.14 bits per heavy atom. The van der Waals surface area contributed by atoms with Crippen LogP contribution in [0.3, 0.4) is 0 Å². The molecule has 0 aliphatic heterocycles. The van der Waals surface area contributed by atoms with E-state index in [9.17, 15) is 39.5 Å². The van der Waals surface area contributed by atoms with E-state index in [1.165, 1.54) is 0 Å². The van der Waals surface area contributed by atoms with Gasteiger partial charge in [0, 0.05) is 6.42 Å². The lowest BCUT2D eigenvalue weighted by Gasteiger charge is -2.34. The van der Waals surface area contributed by atoms with Gasteiger partial charge >= 0.3 is 23.9 Å². The summed E-state index contributed by atoms with van der Waals surface area (Å²) in [5.74, 6) is -19.0. The van der Waals surface area contributed by atoms with Crippen molar-refractivity contribution in [1.29, 1.82) is 0 Å². The molecular formula is C12H15F9. The molecule has 0 N–H and O–H groups in total. The van der Waals surface area contributed by atoms with Crippen LogP contribution < -0.4 is 0 Å². The minimum absolute atomic E-state index is 0.333. The summed E-state index contributed by atoms with van der Waals surface area (Å²) in [5, 5.41) is 0. The normalized spacial score (nSPS) is 19.9. The largest absolute Gasteiger partial charge is 0.460 e. The summed E-state index contributed by atoms with van der Waals surface area (Å²) in [5.41, 5.74) is 0. The maximum Gasteiger partial charge on any atom is 0.460 e. The summed E-state index contributed by atoms with van der Waals surface area (Å²) in [6.07, 6.45) is -5.61. The molecule has 126 valence electrons. The Labute approximate surface area is 115 Å². The Kier molecular flexibility index (Phi) is 5.15. The first-order valence-electron chi connectivity index (χ1n) is 6.53. The van der Waals surface area contributed by atoms with E-state index in [2.05, 4.69) is 0 Å². The first-order valence-corrected chi connectivity index (χ1v) is 6.53. The second-order valence-corrected chi connectivity index (χ2v) is 5.39. The van der Waals surface area contributed by atoms with Crippen LogP contribution in [0, 0.1) is 5.92 Å². The standard InChI is InChI=1S/C12H15F9/c13-9(14,7-6-8-4-2-1-3-5-8)10(15,16)11(17,18)12(19,20)21/h8H,1-7H2. The molecule has 0 nitrogen and oxygen atoms in total. The molecule has 0 spiro atoms. The molecule has 0 aromatic rings. The average Bonchev–Trinajstić information content (AvgIpc) is 2.36. The molecule has 1 aliphatic rings. The minimum atomic E-state index is -6.77. The molecule has 0 radical (unpaired) electrons. The Morgan fingerprint density at radius 1 is 0.667 bits per heavy atom. The van der Waals surface area contributed by atoms with Crippen LogP contribution in [0.25, 0.3) is 0 Å². The van der Waals surface area contributed by atoms with E-state index in [1.54, 1.807) is 0 Å². The van der Waals surface area contributed by atoms with Crippen LogP contribution in [0.15, 0.2) is 0 Å². The first-order chi connectivity index (χ1) is 9.33. The summed E-state index contributed by atoms with van der Waals surface area (Å²) < 4.78 is 113. The van der Waals surface area contributed by atoms with E-state index in [0.29, 0.717) is 25.7 Å². The average molecular weight is 330 g/mol. The molecule has 0 aromatic carbocycles. The zero-order valence-corrected chi connectivity index (χ0v) is 10.9. The van der Waals surface area contributed by atoms with Crippen molar-refractivity contribution in [1.82, 2.24) is 0 Å². The van der Waals surface area contributed by atoms with Gasteiger partial charge in [-0.25, -0.2) is 0 Å². The van der Waals surface area contributed by atoms with Gasteiger partial charge < -0.3 is 0 Å². The Bertz CT molecular complexity index is 339. The van der Waals surface area contributed by atoms with Gasteiger partial charge in [0.15, 0.2) is 0 Å². The number of alkyl halides is 9. The predicted molar refractivity (Wildman–Crippen MR) is 56.7 cm³/mol. The van der Waals surface area contributed by atoms with Crippen molar-refractivity contribution in [2.45, 2.75) is 68.9 Å². The molecule has 0 bridgehead atoms. The van der Waals surface area contributed by atoms with Gasteiger partial charge in [-0.2, -0.15) is 39.5 Å². The van der Waals surface area contributed by atoms with Gasteiger partial charge in [0.1, 0.15) is 0 Å². The monoisotopic (exact) mass is 330 g/mol. The molecule has 0 heterocycles. The first kappa shape index (κ1) is 18.4. The SMILES string of the molecule is FC(F)(F)C(F)(F)C(F)(F)C(F)(F)CCC1CCCCC1. The lowest BCUT2D eigenvalue weighted by molar-refractivity contribution is -0.397. The summed E-state index contributed by atoms with van der Waals surface area (Å²) in [7, 11) is 0. The van der Waals surface area contributed by atoms with E-state index < -0.39 is 36.8 Å². The highest BCUT2D eigenvalue weighted by Crippen LogP contribution is 2.54. The summed E-state index contributed by atoms with van der Waals surface area (Å²) in [6, 6.07) is 0. The van der Waals surface area contributed by atoms with E-state index in [4.69, 9.17) is 0 Å². The van der Waals surface area contributed by atoms with Crippen LogP contribution in [-0.4, -0.2) is 23.9 Å². The quantitative estimate of drug-likeness (QED) is 0.558. The number of hydrogen-bond acceptors (Lipinski definition) is 0. The highest BCUT2D eigenvalue weighted by atomic mass is 19.4. The molecule has 1 saturated carbocycles. The number of rotatable bonds is 5. The molecule has 0 aromatic heterocycles. The number of hydrogen-bond donors (Lipinski definition) is 0. The van der Waals surface area contributed by atoms with Crippen molar-refractivity contribution in [3.8, 4) is 0 Å². The third-order valence-corrected chi connectivity index (χ3v) is 3.80. The molecule has 1 rings (SSSR count). The second-order valence-electron chi connectivity index (χ2n) is 5.39. The Balaban J connectivity index is 2.78. The minimum Gasteiger partial charge on any atom is -0.200 e. The van der Waals surface area contributed by atoms with Crippen molar-refractivity contribution in [2.75, 3.05) is 0 Å². The van der Waals surface area contributed by atoms with Gasteiger partial charge in [0.2, 0.25) is 0 Å². The lowest BCUT2D eigenvalue weighted by atomic mass is 9.84. The van der Waals surface area contributed by atoms with Crippen LogP contribution in [0.5, 0.6) is 0 Å². The molecule has 21 heavy (non-hydrogen) atoms. The van der Waals surface area contributed by atoms with E-state index in [-0.39, 0.29) is 5.92 Å². The predicted octanol–water partition coefficient (Wildman–Crippen LogP) is 5.82. The molecule has 0 atom stereocenters. The third kappa shape index (κ3) is 3.59. The fourth-order valence-electron chi connectivity index (χ4n) is 2.43. The fourth-order valence-corrected chi connectivity index (χ4v) is 2.43. The van der Waals surface area contributed by atoms with E-state index in [1.807, 2.05) is 0 Å². The molecule has 0 amide bonds. The van der Waals surface area contributed by atoms with Crippen molar-refractivity contribution >= 4 is 0 Å². The maximum atomic E-state index is 13.3. The van der Waals surface area contributed by atoms with Crippen molar-refractivity contribution in [3.05, 3.63) is 0 Å². The molecule has 1 aliphatic carbocycles. The van der Waals surface area contributed by atoms with Crippen LogP contribution in [0.1, 0.15) is 44.9 Å². The maximum absolute atomic E-state index is 13.3. The highest BCUT2D eigenvalue weighted by molar-refractivity contribution is 5.00. The van der Waals surface area contributed by atoms with E-state index >= 15 is 0 Å². The van der Waals surface area contributed by atoms with Crippen LogP contribution in [0.2, 0.25) is 0 Å². The van der Waals surface area contributed by atoms with Crippen molar-refractivity contribution < 1.29 is 39.5 Å². The van der Waals surface area contributed by atoms with Gasteiger partial charge in [-0.15, -0.1) is 0 Å². The molecule has 1 fully saturated rings. The highest BCUT2D eigenvalue weighted by Gasteiger charge is 2.81. The van der Waals surface area contributed by atoms with Gasteiger partial charge in [-0.05, 0) is 12.3 Å². The lowest BCUT2D eigenvalue weighted by Crippen LogP contribution is -2.60. The molecule has 9 heteroatoms. The summed E-state index contributed by atoms with van der Waals surface area (Å²) in [6.45, 7) is 0. The van der Waals surface area contributed by atoms with Crippen molar-refractivity contribution in [3.63, 3.8) is 0 Å². The summed E-state index contributed by atoms with van der Waals surface area (Å²) in [4.78, 5) is 0. The van der Waals surface area contributed by atoms with Gasteiger partial charge in [0.25, 0.3) is 0 Å². The molecule has 0 saturated heterocycles. The Morgan fingerprint density at radius 3 is 1.57 bits per heavy atom. The van der Waals surface area contributed by atoms with Gasteiger partial charge in [-0.1, -0.05) is 32.1 Å². The Hall–Kier alpha value is -0.630. The topological polar surface area (TPSA) is 0 Å². The smallest absolute Gasteiger partial charge is 0.200 e. The van der Waals surface area contributed by atoms with Crippen molar-refractivity contribution in [2.24, 2.45) is 5.92 Å². The zero-order chi connectivity index (χ0) is 16.5. The zero-order valence-electron chi connectivity index (χ0n) is 10.9. The second kappa shape index (κ2) is 5.87. The number of halogens is 9. The third-order valence-electron chi connectivity index (χ3n) is 3.80. The molecule has 0 unspecified atom stereocenters. The van der Waals surface area contributed by atoms with Gasteiger partial charge in [-0.3, -0.25) is 0 Å². The van der Waals surface area contributed by atoms with Crippen LogP contribution in [0.4, 0.5) is 39.5 Å². The van der Waals surface area contributed by atoms with Gasteiger partial charge in [0.05, 0.1) is 0 Å². The fraction of sp³-hybridized carbons (Fsp3) is 1.00. The summed E-state index contributed by atoms with van der Waals surface area (Å²) >= 11 is 0. The van der Waals surface area contributed by atoms with E-state index in [0.717, 1.165) is 6.42 Å². The van der Waals surface area contributed by atoms with Crippen LogP contribution >= 0.6 is 0 Å².